The number of benzene rings is 1. The molecule has 1 heterocycles. The highest BCUT2D eigenvalue weighted by Gasteiger charge is 2.27. The van der Waals surface area contributed by atoms with E-state index in [1.807, 2.05) is 12.1 Å². The zero-order valence-corrected chi connectivity index (χ0v) is 17.4. The summed E-state index contributed by atoms with van der Waals surface area (Å²) in [6.07, 6.45) is 3.23. The average Bonchev–Trinajstić information content (AvgIpc) is 2.52. The highest BCUT2D eigenvalue weighted by Crippen LogP contribution is 2.41. The van der Waals surface area contributed by atoms with Crippen molar-refractivity contribution in [1.82, 2.24) is 4.90 Å². The second-order valence-electron chi connectivity index (χ2n) is 9.69. The Bertz CT molecular complexity index is 557. The first kappa shape index (κ1) is 21.0. The number of β-amino-alcohol motifs (C(OH)–C–C–N with tert-alkyl or cyclic N) is 1. The van der Waals surface area contributed by atoms with Gasteiger partial charge in [0.05, 0.1) is 0 Å². The number of phenols is 1. The molecule has 1 aliphatic heterocycles. The van der Waals surface area contributed by atoms with Crippen LogP contribution in [0.4, 0.5) is 0 Å². The predicted octanol–water partition coefficient (Wildman–Crippen LogP) is 4.21. The summed E-state index contributed by atoms with van der Waals surface area (Å²) in [6.45, 7) is 15.6. The number of nitrogens with zero attached hydrogens (tertiary/aromatic N) is 1. The predicted molar refractivity (Wildman–Crippen MR) is 107 cm³/mol. The molecule has 0 radical (unpaired) electrons. The van der Waals surface area contributed by atoms with Gasteiger partial charge in [-0.05, 0) is 48.9 Å². The van der Waals surface area contributed by atoms with Crippen molar-refractivity contribution in [2.45, 2.75) is 77.7 Å². The molecule has 0 saturated carbocycles. The Morgan fingerprint density at radius 2 is 1.46 bits per heavy atom. The number of aliphatic hydroxyl groups excluding tert-OH is 1. The summed E-state index contributed by atoms with van der Waals surface area (Å²) in [4.78, 5) is 2.31. The number of hydrogen-bond donors (Lipinski definition) is 2. The SMILES string of the molecule is CC(C)(C)c1cc(OC[C@H](O)CN2CCCCC2)cc(C(C)(C)C)c1O. The second kappa shape index (κ2) is 8.18. The highest BCUT2D eigenvalue weighted by molar-refractivity contribution is 5.51. The van der Waals surface area contributed by atoms with E-state index in [1.165, 1.54) is 19.3 Å². The standard InChI is InChI=1S/C22H37NO3/c1-21(2,3)18-12-17(13-19(20(18)25)22(4,5)6)26-15-16(24)14-23-10-8-7-9-11-23/h12-13,16,24-25H,7-11,14-15H2,1-6H3/t16-/m1/s1. The van der Waals surface area contributed by atoms with E-state index in [1.54, 1.807) is 0 Å². The van der Waals surface area contributed by atoms with Gasteiger partial charge in [0, 0.05) is 17.7 Å². The Kier molecular flexibility index (Phi) is 6.62. The summed E-state index contributed by atoms with van der Waals surface area (Å²) in [5.41, 5.74) is 1.39. The molecule has 4 nitrogen and oxygen atoms in total. The van der Waals surface area contributed by atoms with Crippen LogP contribution in [0.2, 0.25) is 0 Å². The molecule has 1 saturated heterocycles. The zero-order valence-electron chi connectivity index (χ0n) is 17.4. The van der Waals surface area contributed by atoms with E-state index in [-0.39, 0.29) is 17.4 Å². The lowest BCUT2D eigenvalue weighted by Gasteiger charge is -2.29. The monoisotopic (exact) mass is 363 g/mol. The molecule has 4 heteroatoms. The van der Waals surface area contributed by atoms with Crippen molar-refractivity contribution in [2.24, 2.45) is 0 Å². The molecule has 0 spiro atoms. The van der Waals surface area contributed by atoms with Crippen LogP contribution in [-0.2, 0) is 10.8 Å². The summed E-state index contributed by atoms with van der Waals surface area (Å²) in [7, 11) is 0. The van der Waals surface area contributed by atoms with Crippen LogP contribution in [0.1, 0.15) is 71.9 Å². The van der Waals surface area contributed by atoms with Crippen molar-refractivity contribution >= 4 is 0 Å². The van der Waals surface area contributed by atoms with E-state index in [0.29, 0.717) is 12.3 Å². The van der Waals surface area contributed by atoms with Gasteiger partial charge in [-0.25, -0.2) is 0 Å². The number of aromatic hydroxyl groups is 1. The maximum Gasteiger partial charge on any atom is 0.123 e. The summed E-state index contributed by atoms with van der Waals surface area (Å²) >= 11 is 0. The van der Waals surface area contributed by atoms with Crippen LogP contribution in [0.3, 0.4) is 0 Å². The summed E-state index contributed by atoms with van der Waals surface area (Å²) in [6, 6.07) is 3.83. The van der Waals surface area contributed by atoms with Gasteiger partial charge in [0.1, 0.15) is 24.2 Å². The second-order valence-corrected chi connectivity index (χ2v) is 9.69. The third kappa shape index (κ3) is 5.62. The van der Waals surface area contributed by atoms with Gasteiger partial charge in [0.15, 0.2) is 0 Å². The van der Waals surface area contributed by atoms with E-state index in [9.17, 15) is 10.2 Å². The van der Waals surface area contributed by atoms with Crippen molar-refractivity contribution in [3.8, 4) is 11.5 Å². The normalized spacial score (nSPS) is 18.0. The third-order valence-corrected chi connectivity index (χ3v) is 5.06. The van der Waals surface area contributed by atoms with Gasteiger partial charge in [-0.3, -0.25) is 0 Å². The molecule has 2 N–H and O–H groups in total. The van der Waals surface area contributed by atoms with Gasteiger partial charge in [-0.15, -0.1) is 0 Å². The van der Waals surface area contributed by atoms with Crippen LogP contribution in [0.25, 0.3) is 0 Å². The molecule has 0 aliphatic carbocycles. The third-order valence-electron chi connectivity index (χ3n) is 5.06. The quantitative estimate of drug-likeness (QED) is 0.823. The maximum atomic E-state index is 10.8. The first-order chi connectivity index (χ1) is 12.0. The molecule has 0 bridgehead atoms. The fourth-order valence-electron chi connectivity index (χ4n) is 3.52. The molecule has 0 aromatic heterocycles. The lowest BCUT2D eigenvalue weighted by Crippen LogP contribution is -2.38. The molecular weight excluding hydrogens is 326 g/mol. The molecule has 1 fully saturated rings. The summed E-state index contributed by atoms with van der Waals surface area (Å²) < 4.78 is 5.95. The first-order valence-electron chi connectivity index (χ1n) is 9.89. The van der Waals surface area contributed by atoms with Gasteiger partial charge < -0.3 is 19.8 Å². The van der Waals surface area contributed by atoms with Gasteiger partial charge >= 0.3 is 0 Å². The van der Waals surface area contributed by atoms with Crippen LogP contribution in [0.15, 0.2) is 12.1 Å². The van der Waals surface area contributed by atoms with Gasteiger partial charge in [0.25, 0.3) is 0 Å². The molecule has 0 unspecified atom stereocenters. The molecule has 2 rings (SSSR count). The van der Waals surface area contributed by atoms with Gasteiger partial charge in [-0.2, -0.15) is 0 Å². The minimum Gasteiger partial charge on any atom is -0.507 e. The number of hydrogen-bond acceptors (Lipinski definition) is 4. The fourth-order valence-corrected chi connectivity index (χ4v) is 3.52. The Balaban J connectivity index is 2.12. The molecule has 0 amide bonds. The zero-order chi connectivity index (χ0) is 19.5. The number of phenolic OH excluding ortho intramolecular Hbond substituents is 1. The summed E-state index contributed by atoms with van der Waals surface area (Å²) in [5, 5.41) is 21.1. The molecule has 26 heavy (non-hydrogen) atoms. The number of rotatable bonds is 5. The van der Waals surface area contributed by atoms with E-state index < -0.39 is 6.10 Å². The van der Waals surface area contributed by atoms with Crippen LogP contribution in [0, 0.1) is 0 Å². The minimum atomic E-state index is -0.502. The Labute approximate surface area is 159 Å². The van der Waals surface area contributed by atoms with Crippen LogP contribution in [-0.4, -0.2) is 47.5 Å². The molecular formula is C22H37NO3. The molecule has 1 aromatic rings. The topological polar surface area (TPSA) is 52.9 Å². The Hall–Kier alpha value is -1.26. The van der Waals surface area contributed by atoms with Gasteiger partial charge in [-0.1, -0.05) is 48.0 Å². The lowest BCUT2D eigenvalue weighted by molar-refractivity contribution is 0.0616. The van der Waals surface area contributed by atoms with Crippen LogP contribution >= 0.6 is 0 Å². The molecule has 1 atom stereocenters. The maximum absolute atomic E-state index is 10.8. The largest absolute Gasteiger partial charge is 0.507 e. The Morgan fingerprint density at radius 3 is 1.92 bits per heavy atom. The van der Waals surface area contributed by atoms with Crippen molar-refractivity contribution < 1.29 is 14.9 Å². The average molecular weight is 364 g/mol. The van der Waals surface area contributed by atoms with Crippen LogP contribution in [0.5, 0.6) is 11.5 Å². The smallest absolute Gasteiger partial charge is 0.123 e. The number of aliphatic hydroxyl groups is 1. The Morgan fingerprint density at radius 1 is 0.962 bits per heavy atom. The molecule has 148 valence electrons. The minimum absolute atomic E-state index is 0.185. The van der Waals surface area contributed by atoms with Crippen molar-refractivity contribution in [1.29, 1.82) is 0 Å². The van der Waals surface area contributed by atoms with Crippen molar-refractivity contribution in [3.63, 3.8) is 0 Å². The van der Waals surface area contributed by atoms with Gasteiger partial charge in [0.2, 0.25) is 0 Å². The van der Waals surface area contributed by atoms with Crippen molar-refractivity contribution in [2.75, 3.05) is 26.2 Å². The molecule has 1 aliphatic rings. The fraction of sp³-hybridized carbons (Fsp3) is 0.727. The van der Waals surface area contributed by atoms with E-state index in [0.717, 1.165) is 30.0 Å². The number of likely N-dealkylation sites (tertiary alicyclic amines) is 1. The highest BCUT2D eigenvalue weighted by atomic mass is 16.5. The number of piperidine rings is 1. The molecule has 1 aromatic carbocycles. The number of ether oxygens (including phenoxy) is 1. The lowest BCUT2D eigenvalue weighted by atomic mass is 9.79. The van der Waals surface area contributed by atoms with Crippen molar-refractivity contribution in [3.05, 3.63) is 23.3 Å². The van der Waals surface area contributed by atoms with E-state index in [4.69, 9.17) is 4.74 Å². The van der Waals surface area contributed by atoms with E-state index in [2.05, 4.69) is 46.4 Å². The first-order valence-corrected chi connectivity index (χ1v) is 9.89. The van der Waals surface area contributed by atoms with E-state index >= 15 is 0 Å². The summed E-state index contributed by atoms with van der Waals surface area (Å²) in [5.74, 6) is 1.07. The van der Waals surface area contributed by atoms with Crippen LogP contribution < -0.4 is 4.74 Å².